The number of urea groups is 1. The first-order valence-corrected chi connectivity index (χ1v) is 5.88. The molecule has 0 radical (unpaired) electrons. The van der Waals surface area contributed by atoms with E-state index in [0.717, 1.165) is 11.3 Å². The minimum absolute atomic E-state index is 0.214. The molecule has 0 heterocycles. The smallest absolute Gasteiger partial charge is 0.319 e. The average molecular weight is 241 g/mol. The Bertz CT molecular complexity index is 353. The molecule has 0 aliphatic rings. The number of para-hydroxylation sites is 1. The molecule has 4 heteroatoms. The number of nitrogens with one attached hydrogen (secondary N) is 2. The standard InChI is InChI=1S/C12H17ClN2O/c1-9(2)10-5-3-4-6-11(10)15-12(16)14-8-7-13/h3-6,9H,7-8H2,1-2H3,(H2,14,15,16). The third-order valence-electron chi connectivity index (χ3n) is 2.21. The molecule has 2 N–H and O–H groups in total. The van der Waals surface area contributed by atoms with Crippen molar-refractivity contribution in [3.8, 4) is 0 Å². The highest BCUT2D eigenvalue weighted by Crippen LogP contribution is 2.23. The van der Waals surface area contributed by atoms with E-state index in [9.17, 15) is 4.79 Å². The predicted octanol–water partition coefficient (Wildman–Crippen LogP) is 3.17. The summed E-state index contributed by atoms with van der Waals surface area (Å²) in [4.78, 5) is 11.5. The van der Waals surface area contributed by atoms with Crippen molar-refractivity contribution in [2.75, 3.05) is 17.7 Å². The van der Waals surface area contributed by atoms with Crippen molar-refractivity contribution in [3.05, 3.63) is 29.8 Å². The summed E-state index contributed by atoms with van der Waals surface area (Å²) >= 11 is 5.49. The average Bonchev–Trinajstić information content (AvgIpc) is 2.27. The topological polar surface area (TPSA) is 41.1 Å². The van der Waals surface area contributed by atoms with Gasteiger partial charge >= 0.3 is 6.03 Å². The van der Waals surface area contributed by atoms with E-state index >= 15 is 0 Å². The van der Waals surface area contributed by atoms with Gasteiger partial charge in [-0.2, -0.15) is 0 Å². The number of carbonyl (C=O) groups excluding carboxylic acids is 1. The van der Waals surface area contributed by atoms with Crippen molar-refractivity contribution in [2.24, 2.45) is 0 Å². The van der Waals surface area contributed by atoms with Crippen LogP contribution in [0.4, 0.5) is 10.5 Å². The Morgan fingerprint density at radius 2 is 2.06 bits per heavy atom. The van der Waals surface area contributed by atoms with Crippen molar-refractivity contribution in [1.29, 1.82) is 0 Å². The van der Waals surface area contributed by atoms with Crippen LogP contribution >= 0.6 is 11.6 Å². The van der Waals surface area contributed by atoms with E-state index in [1.54, 1.807) is 0 Å². The third-order valence-corrected chi connectivity index (χ3v) is 2.40. The number of halogens is 1. The molecule has 3 nitrogen and oxygen atoms in total. The highest BCUT2D eigenvalue weighted by atomic mass is 35.5. The highest BCUT2D eigenvalue weighted by molar-refractivity contribution is 6.18. The molecule has 1 aromatic rings. The second-order valence-corrected chi connectivity index (χ2v) is 4.19. The molecule has 0 atom stereocenters. The molecule has 1 rings (SSSR count). The maximum Gasteiger partial charge on any atom is 0.319 e. The van der Waals surface area contributed by atoms with Crippen molar-refractivity contribution >= 4 is 23.3 Å². The first-order valence-electron chi connectivity index (χ1n) is 5.35. The number of rotatable bonds is 4. The molecular formula is C12H17ClN2O. The lowest BCUT2D eigenvalue weighted by molar-refractivity contribution is 0.252. The van der Waals surface area contributed by atoms with Crippen LogP contribution in [0.1, 0.15) is 25.3 Å². The fraction of sp³-hybridized carbons (Fsp3) is 0.417. The zero-order valence-corrected chi connectivity index (χ0v) is 10.3. The Morgan fingerprint density at radius 3 is 2.69 bits per heavy atom. The van der Waals surface area contributed by atoms with Crippen LogP contribution < -0.4 is 10.6 Å². The zero-order chi connectivity index (χ0) is 12.0. The normalized spacial score (nSPS) is 10.2. The number of alkyl halides is 1. The first-order chi connectivity index (χ1) is 7.65. The summed E-state index contributed by atoms with van der Waals surface area (Å²) in [5, 5.41) is 5.48. The number of hydrogen-bond donors (Lipinski definition) is 2. The van der Waals surface area contributed by atoms with Crippen molar-refractivity contribution in [3.63, 3.8) is 0 Å². The predicted molar refractivity (Wildman–Crippen MR) is 68.3 cm³/mol. The first kappa shape index (κ1) is 12.8. The third kappa shape index (κ3) is 3.74. The lowest BCUT2D eigenvalue weighted by Crippen LogP contribution is -2.30. The monoisotopic (exact) mass is 240 g/mol. The highest BCUT2D eigenvalue weighted by Gasteiger charge is 2.07. The summed E-state index contributed by atoms with van der Waals surface area (Å²) in [6.45, 7) is 4.66. The van der Waals surface area contributed by atoms with Gasteiger partial charge in [-0.15, -0.1) is 11.6 Å². The number of amides is 2. The van der Waals surface area contributed by atoms with Gasteiger partial charge in [0.25, 0.3) is 0 Å². The van der Waals surface area contributed by atoms with Crippen molar-refractivity contribution in [1.82, 2.24) is 5.32 Å². The van der Waals surface area contributed by atoms with Gasteiger partial charge in [0.1, 0.15) is 0 Å². The van der Waals surface area contributed by atoms with E-state index in [2.05, 4.69) is 24.5 Å². The van der Waals surface area contributed by atoms with Crippen molar-refractivity contribution < 1.29 is 4.79 Å². The van der Waals surface area contributed by atoms with Gasteiger partial charge in [0, 0.05) is 18.1 Å². The Balaban J connectivity index is 2.69. The van der Waals surface area contributed by atoms with Crippen LogP contribution in [-0.2, 0) is 0 Å². The number of benzene rings is 1. The van der Waals surface area contributed by atoms with E-state index in [1.165, 1.54) is 0 Å². The molecule has 16 heavy (non-hydrogen) atoms. The molecule has 1 aromatic carbocycles. The van der Waals surface area contributed by atoms with Gasteiger partial charge in [0.15, 0.2) is 0 Å². The summed E-state index contributed by atoms with van der Waals surface area (Å²) < 4.78 is 0. The number of hydrogen-bond acceptors (Lipinski definition) is 1. The second kappa shape index (κ2) is 6.38. The minimum atomic E-state index is -0.214. The van der Waals surface area contributed by atoms with Crippen LogP contribution in [0, 0.1) is 0 Å². The fourth-order valence-electron chi connectivity index (χ4n) is 1.44. The van der Waals surface area contributed by atoms with Gasteiger partial charge in [-0.3, -0.25) is 0 Å². The Morgan fingerprint density at radius 1 is 1.38 bits per heavy atom. The van der Waals surface area contributed by atoms with Crippen LogP contribution in [0.25, 0.3) is 0 Å². The van der Waals surface area contributed by atoms with E-state index in [1.807, 2.05) is 24.3 Å². The summed E-state index contributed by atoms with van der Waals surface area (Å²) in [6, 6.07) is 7.58. The molecule has 0 bridgehead atoms. The molecule has 0 spiro atoms. The molecule has 0 unspecified atom stereocenters. The van der Waals surface area contributed by atoms with Gasteiger partial charge < -0.3 is 10.6 Å². The van der Waals surface area contributed by atoms with Gasteiger partial charge in [-0.25, -0.2) is 4.79 Å². The molecule has 0 saturated heterocycles. The van der Waals surface area contributed by atoms with Crippen LogP contribution in [0.5, 0.6) is 0 Å². The quantitative estimate of drug-likeness (QED) is 0.780. The van der Waals surface area contributed by atoms with Gasteiger partial charge in [0.05, 0.1) is 0 Å². The molecule has 2 amide bonds. The summed E-state index contributed by atoms with van der Waals surface area (Å²) in [6.07, 6.45) is 0. The van der Waals surface area contributed by atoms with Crippen LogP contribution in [0.15, 0.2) is 24.3 Å². The maximum absolute atomic E-state index is 11.5. The van der Waals surface area contributed by atoms with Crippen LogP contribution in [0.2, 0.25) is 0 Å². The molecule has 0 aliphatic carbocycles. The molecule has 0 saturated carbocycles. The van der Waals surface area contributed by atoms with E-state index in [-0.39, 0.29) is 6.03 Å². The van der Waals surface area contributed by atoms with Gasteiger partial charge in [0.2, 0.25) is 0 Å². The molecule has 0 aromatic heterocycles. The Hall–Kier alpha value is -1.22. The molecule has 88 valence electrons. The van der Waals surface area contributed by atoms with E-state index < -0.39 is 0 Å². The van der Waals surface area contributed by atoms with Crippen molar-refractivity contribution in [2.45, 2.75) is 19.8 Å². The summed E-state index contributed by atoms with van der Waals surface area (Å²) in [7, 11) is 0. The second-order valence-electron chi connectivity index (χ2n) is 3.81. The Labute approximate surface area is 101 Å². The molecular weight excluding hydrogens is 224 g/mol. The van der Waals surface area contributed by atoms with E-state index in [0.29, 0.717) is 18.3 Å². The SMILES string of the molecule is CC(C)c1ccccc1NC(=O)NCCCl. The summed E-state index contributed by atoms with van der Waals surface area (Å²) in [5.41, 5.74) is 1.98. The Kier molecular flexibility index (Phi) is 5.12. The van der Waals surface area contributed by atoms with Crippen LogP contribution in [-0.4, -0.2) is 18.5 Å². The van der Waals surface area contributed by atoms with Gasteiger partial charge in [-0.1, -0.05) is 32.0 Å². The van der Waals surface area contributed by atoms with Crippen LogP contribution in [0.3, 0.4) is 0 Å². The minimum Gasteiger partial charge on any atom is -0.337 e. The van der Waals surface area contributed by atoms with E-state index in [4.69, 9.17) is 11.6 Å². The molecule has 0 fully saturated rings. The maximum atomic E-state index is 11.5. The number of anilines is 1. The lowest BCUT2D eigenvalue weighted by atomic mass is 10.0. The molecule has 0 aliphatic heterocycles. The van der Waals surface area contributed by atoms with Gasteiger partial charge in [-0.05, 0) is 17.5 Å². The largest absolute Gasteiger partial charge is 0.337 e. The lowest BCUT2D eigenvalue weighted by Gasteiger charge is -2.13. The zero-order valence-electron chi connectivity index (χ0n) is 9.59. The summed E-state index contributed by atoms with van der Waals surface area (Å²) in [5.74, 6) is 0.795. The number of carbonyl (C=O) groups is 1. The fourth-order valence-corrected chi connectivity index (χ4v) is 1.54.